The van der Waals surface area contributed by atoms with Crippen molar-refractivity contribution < 1.29 is 9.13 Å². The van der Waals surface area contributed by atoms with Gasteiger partial charge in [-0.25, -0.2) is 4.39 Å². The Morgan fingerprint density at radius 2 is 2.00 bits per heavy atom. The lowest BCUT2D eigenvalue weighted by molar-refractivity contribution is 0.320. The van der Waals surface area contributed by atoms with Crippen molar-refractivity contribution >= 4 is 0 Å². The summed E-state index contributed by atoms with van der Waals surface area (Å²) >= 11 is 0. The zero-order chi connectivity index (χ0) is 10.6. The summed E-state index contributed by atoms with van der Waals surface area (Å²) in [7, 11) is 0. The largest absolute Gasteiger partial charge is 0.491 e. The van der Waals surface area contributed by atoms with Crippen LogP contribution in [0, 0.1) is 12.7 Å². The van der Waals surface area contributed by atoms with Crippen LogP contribution in [0.5, 0.6) is 5.75 Å². The Labute approximate surface area is 84.9 Å². The molecule has 0 saturated carbocycles. The third kappa shape index (κ3) is 2.25. The third-order valence-corrected chi connectivity index (χ3v) is 2.28. The van der Waals surface area contributed by atoms with Gasteiger partial charge in [-0.2, -0.15) is 0 Å². The predicted octanol–water partition coefficient (Wildman–Crippen LogP) is 3.49. The lowest BCUT2D eigenvalue weighted by atomic mass is 10.0. The molecule has 0 atom stereocenters. The second kappa shape index (κ2) is 4.99. The summed E-state index contributed by atoms with van der Waals surface area (Å²) < 4.78 is 18.8. The zero-order valence-electron chi connectivity index (χ0n) is 9.06. The van der Waals surface area contributed by atoms with Crippen LogP contribution in [0.2, 0.25) is 0 Å². The first-order valence-electron chi connectivity index (χ1n) is 5.11. The molecule has 0 heterocycles. The number of hydrogen-bond donors (Lipinski definition) is 0. The number of benzene rings is 1. The molecule has 1 aromatic rings. The van der Waals surface area contributed by atoms with E-state index in [0.717, 1.165) is 24.0 Å². The number of ether oxygens (including phenoxy) is 1. The van der Waals surface area contributed by atoms with Gasteiger partial charge in [0, 0.05) is 0 Å². The Kier molecular flexibility index (Phi) is 3.93. The first kappa shape index (κ1) is 11.0. The van der Waals surface area contributed by atoms with Crippen LogP contribution in [0.4, 0.5) is 4.39 Å². The fourth-order valence-electron chi connectivity index (χ4n) is 1.51. The van der Waals surface area contributed by atoms with Crippen LogP contribution in [-0.2, 0) is 6.42 Å². The molecule has 0 aliphatic heterocycles. The van der Waals surface area contributed by atoms with E-state index in [1.807, 2.05) is 19.9 Å². The maximum Gasteiger partial charge on any atom is 0.168 e. The van der Waals surface area contributed by atoms with Crippen LogP contribution in [-0.4, -0.2) is 6.61 Å². The molecular formula is C12H17FO. The monoisotopic (exact) mass is 196 g/mol. The number of rotatable bonds is 4. The quantitative estimate of drug-likeness (QED) is 0.716. The Bertz CT molecular complexity index is 276. The van der Waals surface area contributed by atoms with Gasteiger partial charge in [-0.1, -0.05) is 19.4 Å². The molecule has 0 bridgehead atoms. The SMILES string of the molecule is CCCc1ccc(OCC)c(F)c1C. The molecule has 0 aliphatic carbocycles. The highest BCUT2D eigenvalue weighted by Gasteiger charge is 2.09. The van der Waals surface area contributed by atoms with Crippen molar-refractivity contribution in [2.45, 2.75) is 33.6 Å². The molecule has 1 rings (SSSR count). The van der Waals surface area contributed by atoms with E-state index >= 15 is 0 Å². The second-order valence-electron chi connectivity index (χ2n) is 3.34. The minimum absolute atomic E-state index is 0.210. The van der Waals surface area contributed by atoms with Crippen molar-refractivity contribution in [3.8, 4) is 5.75 Å². The molecule has 0 spiro atoms. The zero-order valence-corrected chi connectivity index (χ0v) is 9.06. The van der Waals surface area contributed by atoms with Gasteiger partial charge in [-0.3, -0.25) is 0 Å². The molecule has 0 unspecified atom stereocenters. The normalized spacial score (nSPS) is 10.3. The van der Waals surface area contributed by atoms with Gasteiger partial charge in [0.05, 0.1) is 6.61 Å². The highest BCUT2D eigenvalue weighted by molar-refractivity contribution is 5.36. The second-order valence-corrected chi connectivity index (χ2v) is 3.34. The molecule has 0 saturated heterocycles. The summed E-state index contributed by atoms with van der Waals surface area (Å²) in [5, 5.41) is 0. The molecule has 0 fully saturated rings. The summed E-state index contributed by atoms with van der Waals surface area (Å²) in [6, 6.07) is 3.67. The standard InChI is InChI=1S/C12H17FO/c1-4-6-10-7-8-11(14-5-2)12(13)9(10)3/h7-8H,4-6H2,1-3H3. The molecule has 0 radical (unpaired) electrons. The molecule has 0 N–H and O–H groups in total. The minimum atomic E-state index is -0.210. The van der Waals surface area contributed by atoms with Gasteiger partial charge in [-0.15, -0.1) is 0 Å². The van der Waals surface area contributed by atoms with Crippen LogP contribution in [0.15, 0.2) is 12.1 Å². The van der Waals surface area contributed by atoms with Gasteiger partial charge in [0.2, 0.25) is 0 Å². The summed E-state index contributed by atoms with van der Waals surface area (Å²) in [4.78, 5) is 0. The molecule has 14 heavy (non-hydrogen) atoms. The smallest absolute Gasteiger partial charge is 0.168 e. The lowest BCUT2D eigenvalue weighted by Gasteiger charge is -2.10. The van der Waals surface area contributed by atoms with E-state index < -0.39 is 0 Å². The van der Waals surface area contributed by atoms with Crippen molar-refractivity contribution in [2.24, 2.45) is 0 Å². The van der Waals surface area contributed by atoms with Gasteiger partial charge in [-0.05, 0) is 37.5 Å². The van der Waals surface area contributed by atoms with Crippen molar-refractivity contribution in [3.05, 3.63) is 29.1 Å². The van der Waals surface area contributed by atoms with Crippen LogP contribution in [0.1, 0.15) is 31.4 Å². The molecular weight excluding hydrogens is 179 g/mol. The van der Waals surface area contributed by atoms with Crippen molar-refractivity contribution in [2.75, 3.05) is 6.61 Å². The van der Waals surface area contributed by atoms with Gasteiger partial charge in [0.15, 0.2) is 11.6 Å². The summed E-state index contributed by atoms with van der Waals surface area (Å²) in [5.41, 5.74) is 1.80. The van der Waals surface area contributed by atoms with E-state index in [1.54, 1.807) is 6.07 Å². The fraction of sp³-hybridized carbons (Fsp3) is 0.500. The number of aryl methyl sites for hydroxylation is 1. The molecule has 0 aliphatic rings. The maximum atomic E-state index is 13.6. The van der Waals surface area contributed by atoms with Crippen molar-refractivity contribution in [1.82, 2.24) is 0 Å². The first-order chi connectivity index (χ1) is 6.70. The Morgan fingerprint density at radius 3 is 2.57 bits per heavy atom. The van der Waals surface area contributed by atoms with E-state index in [-0.39, 0.29) is 5.82 Å². The van der Waals surface area contributed by atoms with Crippen molar-refractivity contribution in [3.63, 3.8) is 0 Å². The van der Waals surface area contributed by atoms with Crippen LogP contribution in [0.25, 0.3) is 0 Å². The molecule has 1 nitrogen and oxygen atoms in total. The fourth-order valence-corrected chi connectivity index (χ4v) is 1.51. The first-order valence-corrected chi connectivity index (χ1v) is 5.11. The van der Waals surface area contributed by atoms with Gasteiger partial charge in [0.1, 0.15) is 0 Å². The Morgan fingerprint density at radius 1 is 1.29 bits per heavy atom. The molecule has 2 heteroatoms. The lowest BCUT2D eigenvalue weighted by Crippen LogP contribution is -1.99. The van der Waals surface area contributed by atoms with Gasteiger partial charge >= 0.3 is 0 Å². The van der Waals surface area contributed by atoms with Crippen LogP contribution >= 0.6 is 0 Å². The molecule has 0 amide bonds. The highest BCUT2D eigenvalue weighted by atomic mass is 19.1. The summed E-state index contributed by atoms with van der Waals surface area (Å²) in [5.74, 6) is 0.155. The van der Waals surface area contributed by atoms with Crippen LogP contribution in [0.3, 0.4) is 0 Å². The third-order valence-electron chi connectivity index (χ3n) is 2.28. The average molecular weight is 196 g/mol. The number of halogens is 1. The molecule has 78 valence electrons. The van der Waals surface area contributed by atoms with E-state index in [0.29, 0.717) is 12.4 Å². The molecule has 0 aromatic heterocycles. The van der Waals surface area contributed by atoms with Crippen molar-refractivity contribution in [1.29, 1.82) is 0 Å². The van der Waals surface area contributed by atoms with Crippen LogP contribution < -0.4 is 4.74 Å². The van der Waals surface area contributed by atoms with Gasteiger partial charge < -0.3 is 4.74 Å². The topological polar surface area (TPSA) is 9.23 Å². The van der Waals surface area contributed by atoms with E-state index in [9.17, 15) is 4.39 Å². The van der Waals surface area contributed by atoms with E-state index in [2.05, 4.69) is 6.92 Å². The van der Waals surface area contributed by atoms with Gasteiger partial charge in [0.25, 0.3) is 0 Å². The molecule has 1 aromatic carbocycles. The number of hydrogen-bond acceptors (Lipinski definition) is 1. The van der Waals surface area contributed by atoms with E-state index in [1.165, 1.54) is 0 Å². The minimum Gasteiger partial charge on any atom is -0.491 e. The predicted molar refractivity (Wildman–Crippen MR) is 56.3 cm³/mol. The summed E-state index contributed by atoms with van der Waals surface area (Å²) in [6.07, 6.45) is 1.96. The average Bonchev–Trinajstić information content (AvgIpc) is 2.18. The highest BCUT2D eigenvalue weighted by Crippen LogP contribution is 2.24. The summed E-state index contributed by atoms with van der Waals surface area (Å²) in [6.45, 7) is 6.26. The Hall–Kier alpha value is -1.05. The maximum absolute atomic E-state index is 13.6. The van der Waals surface area contributed by atoms with E-state index in [4.69, 9.17) is 4.74 Å². The Balaban J connectivity index is 2.99.